The van der Waals surface area contributed by atoms with E-state index in [0.717, 1.165) is 0 Å². The van der Waals surface area contributed by atoms with Gasteiger partial charge >= 0.3 is 6.64 Å². The van der Waals surface area contributed by atoms with Crippen molar-refractivity contribution in [1.82, 2.24) is 5.09 Å². The minimum Gasteiger partial charge on any atom is -0.431 e. The standard InChI is InChI=1S/C11H16Cl2NO2PS/c1-4-15-17(18,14-8(2)3)16-11-6-5-9(12)7-10(11)13/h5-8H,4H2,1-3H3,(H,14,18). The van der Waals surface area contributed by atoms with Gasteiger partial charge in [0, 0.05) is 11.1 Å². The summed E-state index contributed by atoms with van der Waals surface area (Å²) < 4.78 is 11.3. The lowest BCUT2D eigenvalue weighted by Crippen LogP contribution is -2.23. The molecule has 0 aliphatic heterocycles. The van der Waals surface area contributed by atoms with Crippen molar-refractivity contribution in [3.63, 3.8) is 0 Å². The normalized spacial score (nSPS) is 14.6. The maximum Gasteiger partial charge on any atom is 0.313 e. The van der Waals surface area contributed by atoms with E-state index in [-0.39, 0.29) is 6.04 Å². The maximum atomic E-state index is 6.05. The Balaban J connectivity index is 2.92. The van der Waals surface area contributed by atoms with Crippen molar-refractivity contribution in [2.24, 2.45) is 0 Å². The molecular weight excluding hydrogens is 312 g/mol. The van der Waals surface area contributed by atoms with Gasteiger partial charge in [-0.3, -0.25) is 0 Å². The molecule has 0 aliphatic carbocycles. The molecule has 1 N–H and O–H groups in total. The molecular formula is C11H16Cl2NO2PS. The molecule has 1 rings (SSSR count). The fourth-order valence-electron chi connectivity index (χ4n) is 1.25. The molecule has 0 radical (unpaired) electrons. The summed E-state index contributed by atoms with van der Waals surface area (Å²) in [5.41, 5.74) is 0. The zero-order valence-corrected chi connectivity index (χ0v) is 13.7. The topological polar surface area (TPSA) is 30.5 Å². The molecule has 1 atom stereocenters. The second kappa shape index (κ2) is 7.09. The Labute approximate surface area is 123 Å². The second-order valence-corrected chi connectivity index (χ2v) is 7.84. The molecule has 0 aromatic heterocycles. The van der Waals surface area contributed by atoms with Crippen LogP contribution < -0.4 is 9.61 Å². The van der Waals surface area contributed by atoms with E-state index in [4.69, 9.17) is 44.1 Å². The minimum atomic E-state index is -2.58. The lowest BCUT2D eigenvalue weighted by molar-refractivity contribution is 0.319. The van der Waals surface area contributed by atoms with Gasteiger partial charge in [-0.1, -0.05) is 23.2 Å². The highest BCUT2D eigenvalue weighted by Crippen LogP contribution is 2.47. The Hall–Kier alpha value is 0.170. The summed E-state index contributed by atoms with van der Waals surface area (Å²) in [6.45, 7) is 3.72. The molecule has 0 bridgehead atoms. The Kier molecular flexibility index (Phi) is 6.39. The van der Waals surface area contributed by atoms with Crippen LogP contribution in [-0.2, 0) is 16.3 Å². The van der Waals surface area contributed by atoms with Crippen LogP contribution in [0.15, 0.2) is 18.2 Å². The highest BCUT2D eigenvalue weighted by Gasteiger charge is 2.22. The van der Waals surface area contributed by atoms with E-state index >= 15 is 0 Å². The van der Waals surface area contributed by atoms with E-state index in [1.807, 2.05) is 20.8 Å². The van der Waals surface area contributed by atoms with Gasteiger partial charge in [-0.15, -0.1) is 0 Å². The van der Waals surface area contributed by atoms with Crippen molar-refractivity contribution in [1.29, 1.82) is 0 Å². The Morgan fingerprint density at radius 2 is 2.06 bits per heavy atom. The molecule has 0 amide bonds. The summed E-state index contributed by atoms with van der Waals surface area (Å²) in [7, 11) is 0. The smallest absolute Gasteiger partial charge is 0.313 e. The first-order valence-corrected chi connectivity index (χ1v) is 8.92. The third-order valence-electron chi connectivity index (χ3n) is 1.83. The van der Waals surface area contributed by atoms with Crippen molar-refractivity contribution in [2.45, 2.75) is 26.8 Å². The molecule has 0 spiro atoms. The number of hydrogen-bond donors (Lipinski definition) is 1. The predicted octanol–water partition coefficient (Wildman–Crippen LogP) is 4.63. The second-order valence-electron chi connectivity index (χ2n) is 3.87. The maximum absolute atomic E-state index is 6.05. The van der Waals surface area contributed by atoms with Crippen LogP contribution in [0.25, 0.3) is 0 Å². The highest BCUT2D eigenvalue weighted by molar-refractivity contribution is 8.09. The van der Waals surface area contributed by atoms with Gasteiger partial charge < -0.3 is 9.05 Å². The van der Waals surface area contributed by atoms with Crippen molar-refractivity contribution in [3.05, 3.63) is 28.2 Å². The van der Waals surface area contributed by atoms with Gasteiger partial charge in [0.2, 0.25) is 0 Å². The molecule has 1 aromatic rings. The molecule has 0 fully saturated rings. The Bertz CT molecular complexity index is 457. The predicted molar refractivity (Wildman–Crippen MR) is 81.3 cm³/mol. The quantitative estimate of drug-likeness (QED) is 0.771. The lowest BCUT2D eigenvalue weighted by atomic mass is 10.3. The fourth-order valence-corrected chi connectivity index (χ4v) is 4.52. The molecule has 3 nitrogen and oxygen atoms in total. The molecule has 7 heteroatoms. The number of hydrogen-bond acceptors (Lipinski definition) is 3. The van der Waals surface area contributed by atoms with Crippen LogP contribution in [0, 0.1) is 0 Å². The van der Waals surface area contributed by atoms with Gasteiger partial charge in [-0.05, 0) is 50.8 Å². The molecule has 1 unspecified atom stereocenters. The van der Waals surface area contributed by atoms with Gasteiger partial charge in [-0.25, -0.2) is 5.09 Å². The van der Waals surface area contributed by atoms with Gasteiger partial charge in [0.05, 0.1) is 11.6 Å². The summed E-state index contributed by atoms with van der Waals surface area (Å²) in [4.78, 5) is 0. The van der Waals surface area contributed by atoms with Crippen LogP contribution in [0.3, 0.4) is 0 Å². The van der Waals surface area contributed by atoms with Gasteiger partial charge in [0.15, 0.2) is 0 Å². The lowest BCUT2D eigenvalue weighted by Gasteiger charge is -2.25. The molecule has 102 valence electrons. The number of halogens is 2. The molecule has 0 saturated carbocycles. The van der Waals surface area contributed by atoms with E-state index < -0.39 is 6.64 Å². The largest absolute Gasteiger partial charge is 0.431 e. The summed E-state index contributed by atoms with van der Waals surface area (Å²) >= 11 is 17.3. The molecule has 18 heavy (non-hydrogen) atoms. The Morgan fingerprint density at radius 3 is 2.56 bits per heavy atom. The Morgan fingerprint density at radius 1 is 1.39 bits per heavy atom. The molecule has 1 aromatic carbocycles. The average Bonchev–Trinajstić information content (AvgIpc) is 2.21. The van der Waals surface area contributed by atoms with Crippen molar-refractivity contribution < 1.29 is 9.05 Å². The fraction of sp³-hybridized carbons (Fsp3) is 0.455. The van der Waals surface area contributed by atoms with Crippen molar-refractivity contribution in [2.75, 3.05) is 6.61 Å². The summed E-state index contributed by atoms with van der Waals surface area (Å²) in [6, 6.07) is 5.16. The first-order chi connectivity index (χ1) is 8.36. The first-order valence-electron chi connectivity index (χ1n) is 5.53. The van der Waals surface area contributed by atoms with Gasteiger partial charge in [0.1, 0.15) is 5.75 Å². The zero-order chi connectivity index (χ0) is 13.8. The molecule has 0 heterocycles. The number of rotatable bonds is 6. The van der Waals surface area contributed by atoms with Crippen LogP contribution in [0.1, 0.15) is 20.8 Å². The third kappa shape index (κ3) is 5.04. The summed E-state index contributed by atoms with van der Waals surface area (Å²) in [5, 5.41) is 4.11. The SMILES string of the molecule is CCOP(=S)(NC(C)C)Oc1ccc(Cl)cc1Cl. The number of benzene rings is 1. The van der Waals surface area contributed by atoms with E-state index in [1.54, 1.807) is 18.2 Å². The van der Waals surface area contributed by atoms with E-state index in [2.05, 4.69) is 5.09 Å². The third-order valence-corrected chi connectivity index (χ3v) is 5.08. The van der Waals surface area contributed by atoms with Crippen molar-refractivity contribution in [3.8, 4) is 5.75 Å². The van der Waals surface area contributed by atoms with Gasteiger partial charge in [-0.2, -0.15) is 0 Å². The molecule has 0 aliphatic rings. The average molecular weight is 328 g/mol. The van der Waals surface area contributed by atoms with E-state index in [9.17, 15) is 0 Å². The van der Waals surface area contributed by atoms with Crippen LogP contribution >= 0.6 is 29.8 Å². The van der Waals surface area contributed by atoms with Crippen LogP contribution in [0.5, 0.6) is 5.75 Å². The number of nitrogens with one attached hydrogen (secondary N) is 1. The summed E-state index contributed by atoms with van der Waals surface area (Å²) in [6.07, 6.45) is 0. The monoisotopic (exact) mass is 327 g/mol. The van der Waals surface area contributed by atoms with Gasteiger partial charge in [0.25, 0.3) is 0 Å². The zero-order valence-electron chi connectivity index (χ0n) is 10.4. The van der Waals surface area contributed by atoms with Crippen LogP contribution in [0.2, 0.25) is 10.0 Å². The summed E-state index contributed by atoms with van der Waals surface area (Å²) in [5.74, 6) is 0.478. The van der Waals surface area contributed by atoms with E-state index in [0.29, 0.717) is 22.4 Å². The minimum absolute atomic E-state index is 0.161. The van der Waals surface area contributed by atoms with E-state index in [1.165, 1.54) is 0 Å². The van der Waals surface area contributed by atoms with Crippen LogP contribution in [-0.4, -0.2) is 12.6 Å². The molecule has 0 saturated heterocycles. The highest BCUT2D eigenvalue weighted by atomic mass is 35.5. The first kappa shape index (κ1) is 16.2. The van der Waals surface area contributed by atoms with Crippen LogP contribution in [0.4, 0.5) is 0 Å². The van der Waals surface area contributed by atoms with Crippen molar-refractivity contribution >= 4 is 41.7 Å².